The second kappa shape index (κ2) is 7.19. The first-order valence-corrected chi connectivity index (χ1v) is 9.09. The number of carbonyl (C=O) groups is 2. The van der Waals surface area contributed by atoms with Crippen molar-refractivity contribution >= 4 is 19.0 Å². The summed E-state index contributed by atoms with van der Waals surface area (Å²) in [4.78, 5) is 32.8. The summed E-state index contributed by atoms with van der Waals surface area (Å²) in [5.41, 5.74) is 1.40. The SMILES string of the molecule is Cc1ncc(CC(=O)N2CC(Oc3ccc4c(c3C(=O)O)OB(O)CC4)C2)[nH]1. The van der Waals surface area contributed by atoms with Crippen molar-refractivity contribution < 1.29 is 29.1 Å². The van der Waals surface area contributed by atoms with E-state index in [9.17, 15) is 19.7 Å². The number of likely N-dealkylation sites (tertiary alicyclic amines) is 1. The third-order valence-electron chi connectivity index (χ3n) is 4.92. The molecule has 0 spiro atoms. The van der Waals surface area contributed by atoms with Gasteiger partial charge in [-0.15, -0.1) is 0 Å². The summed E-state index contributed by atoms with van der Waals surface area (Å²) in [6.45, 7) is 2.58. The van der Waals surface area contributed by atoms with E-state index < -0.39 is 13.1 Å². The Labute approximate surface area is 161 Å². The lowest BCUT2D eigenvalue weighted by atomic mass is 9.78. The zero-order valence-corrected chi connectivity index (χ0v) is 15.3. The first-order valence-electron chi connectivity index (χ1n) is 9.09. The lowest BCUT2D eigenvalue weighted by Gasteiger charge is -2.39. The number of ether oxygens (including phenoxy) is 1. The van der Waals surface area contributed by atoms with Gasteiger partial charge in [-0.3, -0.25) is 4.79 Å². The number of aromatic amines is 1. The second-order valence-electron chi connectivity index (χ2n) is 7.05. The Kier molecular flexibility index (Phi) is 4.72. The number of rotatable bonds is 5. The Bertz CT molecular complexity index is 924. The fourth-order valence-electron chi connectivity index (χ4n) is 3.45. The first-order chi connectivity index (χ1) is 13.4. The maximum atomic E-state index is 12.3. The summed E-state index contributed by atoms with van der Waals surface area (Å²) in [5, 5.41) is 19.3. The van der Waals surface area contributed by atoms with Crippen molar-refractivity contribution in [3.8, 4) is 11.5 Å². The highest BCUT2D eigenvalue weighted by Crippen LogP contribution is 2.37. The lowest BCUT2D eigenvalue weighted by Crippen LogP contribution is -2.56. The molecule has 9 nitrogen and oxygen atoms in total. The molecule has 0 bridgehead atoms. The van der Waals surface area contributed by atoms with Crippen LogP contribution in [0.1, 0.15) is 27.4 Å². The summed E-state index contributed by atoms with van der Waals surface area (Å²) in [6, 6.07) is 3.37. The Hall–Kier alpha value is -3.01. The average Bonchev–Trinajstić information content (AvgIpc) is 3.01. The molecule has 2 aromatic rings. The van der Waals surface area contributed by atoms with Crippen molar-refractivity contribution in [3.63, 3.8) is 0 Å². The summed E-state index contributed by atoms with van der Waals surface area (Å²) >= 11 is 0. The van der Waals surface area contributed by atoms with Gasteiger partial charge in [0, 0.05) is 11.9 Å². The van der Waals surface area contributed by atoms with Crippen molar-refractivity contribution in [1.82, 2.24) is 14.9 Å². The Balaban J connectivity index is 1.41. The number of aryl methyl sites for hydroxylation is 2. The lowest BCUT2D eigenvalue weighted by molar-refractivity contribution is -0.139. The van der Waals surface area contributed by atoms with Crippen LogP contribution in [0.3, 0.4) is 0 Å². The van der Waals surface area contributed by atoms with E-state index in [0.717, 1.165) is 17.1 Å². The molecule has 10 heteroatoms. The predicted octanol–water partition coefficient (Wildman–Crippen LogP) is 0.664. The maximum Gasteiger partial charge on any atom is 0.522 e. The minimum absolute atomic E-state index is 0.0427. The Morgan fingerprint density at radius 2 is 2.21 bits per heavy atom. The van der Waals surface area contributed by atoms with Gasteiger partial charge in [0.2, 0.25) is 5.91 Å². The maximum absolute atomic E-state index is 12.3. The van der Waals surface area contributed by atoms with Gasteiger partial charge in [-0.2, -0.15) is 0 Å². The zero-order valence-electron chi connectivity index (χ0n) is 15.3. The fraction of sp³-hybridized carbons (Fsp3) is 0.389. The second-order valence-corrected chi connectivity index (χ2v) is 7.05. The molecule has 1 amide bonds. The number of nitrogens with zero attached hydrogens (tertiary/aromatic N) is 2. The number of amides is 1. The van der Waals surface area contributed by atoms with Crippen molar-refractivity contribution in [2.24, 2.45) is 0 Å². The molecule has 0 atom stereocenters. The van der Waals surface area contributed by atoms with Crippen LogP contribution in [-0.4, -0.2) is 63.2 Å². The average molecular weight is 385 g/mol. The Morgan fingerprint density at radius 1 is 1.43 bits per heavy atom. The monoisotopic (exact) mass is 385 g/mol. The highest BCUT2D eigenvalue weighted by molar-refractivity contribution is 6.44. The van der Waals surface area contributed by atoms with Crippen LogP contribution in [0.2, 0.25) is 6.32 Å². The minimum atomic E-state index is -1.18. The third-order valence-corrected chi connectivity index (χ3v) is 4.92. The summed E-state index contributed by atoms with van der Waals surface area (Å²) < 4.78 is 11.2. The number of nitrogens with one attached hydrogen (secondary N) is 1. The van der Waals surface area contributed by atoms with Crippen molar-refractivity contribution in [1.29, 1.82) is 0 Å². The van der Waals surface area contributed by atoms with Gasteiger partial charge in [0.15, 0.2) is 0 Å². The quantitative estimate of drug-likeness (QED) is 0.646. The fourth-order valence-corrected chi connectivity index (χ4v) is 3.45. The number of benzene rings is 1. The minimum Gasteiger partial charge on any atom is -0.535 e. The summed E-state index contributed by atoms with van der Waals surface area (Å²) in [7, 11) is -1.02. The highest BCUT2D eigenvalue weighted by atomic mass is 16.5. The molecule has 0 aliphatic carbocycles. The van der Waals surface area contributed by atoms with Crippen molar-refractivity contribution in [3.05, 3.63) is 41.0 Å². The molecule has 4 rings (SSSR count). The van der Waals surface area contributed by atoms with Crippen LogP contribution in [0.5, 0.6) is 11.5 Å². The number of hydrogen-bond acceptors (Lipinski definition) is 6. The molecule has 1 aromatic heterocycles. The number of carboxylic acid groups (broad SMARTS) is 1. The molecular weight excluding hydrogens is 365 g/mol. The smallest absolute Gasteiger partial charge is 0.522 e. The summed E-state index contributed by atoms with van der Waals surface area (Å²) in [6.07, 6.45) is 2.54. The molecular formula is C18H20BN3O6. The van der Waals surface area contributed by atoms with Gasteiger partial charge in [-0.05, 0) is 31.3 Å². The van der Waals surface area contributed by atoms with Gasteiger partial charge in [0.25, 0.3) is 0 Å². The number of aromatic carboxylic acids is 1. The number of aromatic nitrogens is 2. The number of carboxylic acids is 1. The van der Waals surface area contributed by atoms with Crippen LogP contribution in [-0.2, 0) is 17.6 Å². The molecule has 3 heterocycles. The van der Waals surface area contributed by atoms with Gasteiger partial charge in [0.1, 0.15) is 29.0 Å². The van der Waals surface area contributed by atoms with Crippen LogP contribution in [0.25, 0.3) is 0 Å². The number of imidazole rings is 1. The molecule has 1 saturated heterocycles. The number of fused-ring (bicyclic) bond motifs is 1. The van der Waals surface area contributed by atoms with Crippen LogP contribution >= 0.6 is 0 Å². The van der Waals surface area contributed by atoms with Crippen LogP contribution < -0.4 is 9.39 Å². The van der Waals surface area contributed by atoms with Crippen molar-refractivity contribution in [2.75, 3.05) is 13.1 Å². The number of carbonyl (C=O) groups excluding carboxylic acids is 1. The summed E-state index contributed by atoms with van der Waals surface area (Å²) in [5.74, 6) is -0.123. The molecule has 1 fully saturated rings. The van der Waals surface area contributed by atoms with Gasteiger partial charge in [-0.25, -0.2) is 9.78 Å². The molecule has 3 N–H and O–H groups in total. The first kappa shape index (κ1) is 18.4. The molecule has 0 saturated carbocycles. The molecule has 0 radical (unpaired) electrons. The molecule has 2 aliphatic heterocycles. The normalized spacial score (nSPS) is 16.2. The van der Waals surface area contributed by atoms with E-state index in [-0.39, 0.29) is 35.5 Å². The largest absolute Gasteiger partial charge is 0.535 e. The van der Waals surface area contributed by atoms with Gasteiger partial charge >= 0.3 is 13.1 Å². The van der Waals surface area contributed by atoms with Gasteiger partial charge in [0.05, 0.1) is 19.5 Å². The van der Waals surface area contributed by atoms with Crippen molar-refractivity contribution in [2.45, 2.75) is 32.2 Å². The molecule has 1 aromatic carbocycles. The standard InChI is InChI=1S/C18H20BN3O6/c1-10-20-7-12(21-10)6-15(23)22-8-13(9-22)27-14-3-2-11-4-5-19(26)28-17(11)16(14)18(24)25/h2-3,7,13,26H,4-6,8-9H2,1H3,(H,20,21)(H,24,25). The van der Waals surface area contributed by atoms with E-state index in [2.05, 4.69) is 9.97 Å². The number of H-pyrrole nitrogens is 1. The molecule has 146 valence electrons. The van der Waals surface area contributed by atoms with Crippen LogP contribution in [0.15, 0.2) is 18.3 Å². The topological polar surface area (TPSA) is 125 Å². The predicted molar refractivity (Wildman–Crippen MR) is 98.5 cm³/mol. The van der Waals surface area contributed by atoms with Gasteiger partial charge in [-0.1, -0.05) is 6.07 Å². The molecule has 2 aliphatic rings. The molecule has 28 heavy (non-hydrogen) atoms. The van der Waals surface area contributed by atoms with Crippen LogP contribution in [0.4, 0.5) is 0 Å². The Morgan fingerprint density at radius 3 is 2.89 bits per heavy atom. The van der Waals surface area contributed by atoms with Crippen LogP contribution in [0, 0.1) is 6.92 Å². The van der Waals surface area contributed by atoms with E-state index in [4.69, 9.17) is 9.39 Å². The number of hydrogen-bond donors (Lipinski definition) is 3. The zero-order chi connectivity index (χ0) is 19.8. The van der Waals surface area contributed by atoms with E-state index in [0.29, 0.717) is 25.8 Å². The van der Waals surface area contributed by atoms with E-state index in [1.807, 2.05) is 6.92 Å². The highest BCUT2D eigenvalue weighted by Gasteiger charge is 2.35. The third kappa shape index (κ3) is 3.55. The van der Waals surface area contributed by atoms with E-state index >= 15 is 0 Å². The van der Waals surface area contributed by atoms with E-state index in [1.165, 1.54) is 0 Å². The molecule has 0 unspecified atom stereocenters. The van der Waals surface area contributed by atoms with E-state index in [1.54, 1.807) is 23.2 Å². The van der Waals surface area contributed by atoms with Gasteiger partial charge < -0.3 is 29.4 Å².